The molecule has 1 atom stereocenters. The molecule has 5 heteroatoms. The maximum absolute atomic E-state index is 12.3. The van der Waals surface area contributed by atoms with Crippen molar-refractivity contribution in [1.82, 2.24) is 0 Å². The third kappa shape index (κ3) is 6.21. The van der Waals surface area contributed by atoms with E-state index in [-0.39, 0.29) is 13.0 Å². The van der Waals surface area contributed by atoms with Gasteiger partial charge in [-0.15, -0.1) is 11.8 Å². The Hall–Kier alpha value is 0.100. The van der Waals surface area contributed by atoms with Gasteiger partial charge in [-0.05, 0) is 25.1 Å². The SMILES string of the molecule is CCCCSC(CCN)C(F)(F)F. The second kappa shape index (κ2) is 6.54. The highest BCUT2D eigenvalue weighted by atomic mass is 32.2. The van der Waals surface area contributed by atoms with E-state index in [0.29, 0.717) is 5.75 Å². The summed E-state index contributed by atoms with van der Waals surface area (Å²) in [5.41, 5.74) is 5.12. The number of nitrogens with two attached hydrogens (primary N) is 1. The van der Waals surface area contributed by atoms with Crippen LogP contribution in [0.4, 0.5) is 13.2 Å². The Morgan fingerprint density at radius 2 is 2.00 bits per heavy atom. The molecule has 0 heterocycles. The summed E-state index contributed by atoms with van der Waals surface area (Å²) in [4.78, 5) is 0. The lowest BCUT2D eigenvalue weighted by Gasteiger charge is -2.18. The standard InChI is InChI=1S/C8H16F3NS/c1-2-3-6-13-7(4-5-12)8(9,10)11/h7H,2-6,12H2,1H3. The Morgan fingerprint density at radius 1 is 1.38 bits per heavy atom. The highest BCUT2D eigenvalue weighted by Crippen LogP contribution is 2.32. The molecule has 80 valence electrons. The fraction of sp³-hybridized carbons (Fsp3) is 1.00. The van der Waals surface area contributed by atoms with Gasteiger partial charge in [-0.25, -0.2) is 0 Å². The van der Waals surface area contributed by atoms with Crippen LogP contribution in [-0.4, -0.2) is 23.7 Å². The van der Waals surface area contributed by atoms with Crippen LogP contribution in [0.3, 0.4) is 0 Å². The zero-order valence-electron chi connectivity index (χ0n) is 7.73. The smallest absolute Gasteiger partial charge is 0.330 e. The molecule has 0 radical (unpaired) electrons. The van der Waals surface area contributed by atoms with Gasteiger partial charge >= 0.3 is 6.18 Å². The Kier molecular flexibility index (Phi) is 6.59. The van der Waals surface area contributed by atoms with Gasteiger partial charge < -0.3 is 5.73 Å². The van der Waals surface area contributed by atoms with Crippen LogP contribution >= 0.6 is 11.8 Å². The summed E-state index contributed by atoms with van der Waals surface area (Å²) < 4.78 is 36.8. The summed E-state index contributed by atoms with van der Waals surface area (Å²) in [6, 6.07) is 0. The first-order chi connectivity index (χ1) is 6.02. The van der Waals surface area contributed by atoms with Crippen molar-refractivity contribution in [3.63, 3.8) is 0 Å². The molecule has 1 nitrogen and oxygen atoms in total. The average molecular weight is 215 g/mol. The zero-order chi connectivity index (χ0) is 10.3. The van der Waals surface area contributed by atoms with Gasteiger partial charge in [-0.2, -0.15) is 13.2 Å². The van der Waals surface area contributed by atoms with E-state index >= 15 is 0 Å². The normalized spacial score (nSPS) is 14.5. The van der Waals surface area contributed by atoms with E-state index in [0.717, 1.165) is 24.6 Å². The fourth-order valence-corrected chi connectivity index (χ4v) is 2.09. The van der Waals surface area contributed by atoms with Gasteiger partial charge in [0.25, 0.3) is 0 Å². The van der Waals surface area contributed by atoms with Crippen molar-refractivity contribution < 1.29 is 13.2 Å². The third-order valence-electron chi connectivity index (χ3n) is 1.61. The summed E-state index contributed by atoms with van der Waals surface area (Å²) in [7, 11) is 0. The molecule has 0 aliphatic carbocycles. The molecule has 0 fully saturated rings. The highest BCUT2D eigenvalue weighted by molar-refractivity contribution is 7.99. The van der Waals surface area contributed by atoms with Crippen molar-refractivity contribution in [2.24, 2.45) is 5.73 Å². The molecule has 0 rings (SSSR count). The van der Waals surface area contributed by atoms with Crippen LogP contribution in [0.2, 0.25) is 0 Å². The quantitative estimate of drug-likeness (QED) is 0.689. The Balaban J connectivity index is 3.81. The Labute approximate surface area is 81.3 Å². The largest absolute Gasteiger partial charge is 0.400 e. The number of rotatable bonds is 6. The number of alkyl halides is 3. The molecule has 2 N–H and O–H groups in total. The van der Waals surface area contributed by atoms with Crippen molar-refractivity contribution in [2.75, 3.05) is 12.3 Å². The van der Waals surface area contributed by atoms with Crippen LogP contribution in [0.1, 0.15) is 26.2 Å². The molecule has 0 spiro atoms. The number of halogens is 3. The number of unbranched alkanes of at least 4 members (excludes halogenated alkanes) is 1. The summed E-state index contributed by atoms with van der Waals surface area (Å²) in [5.74, 6) is 0.570. The maximum Gasteiger partial charge on any atom is 0.400 e. The Morgan fingerprint density at radius 3 is 2.38 bits per heavy atom. The van der Waals surface area contributed by atoms with Crippen LogP contribution in [0, 0.1) is 0 Å². The monoisotopic (exact) mass is 215 g/mol. The second-order valence-corrected chi connectivity index (χ2v) is 4.14. The second-order valence-electron chi connectivity index (χ2n) is 2.83. The maximum atomic E-state index is 12.3. The molecule has 0 aliphatic rings. The first kappa shape index (κ1) is 13.1. The molecule has 1 unspecified atom stereocenters. The summed E-state index contributed by atoms with van der Waals surface area (Å²) in [5, 5.41) is -1.27. The van der Waals surface area contributed by atoms with Gasteiger partial charge in [0.1, 0.15) is 5.25 Å². The molecule has 0 saturated heterocycles. The van der Waals surface area contributed by atoms with Crippen molar-refractivity contribution in [1.29, 1.82) is 0 Å². The van der Waals surface area contributed by atoms with Gasteiger partial charge in [0.15, 0.2) is 0 Å². The van der Waals surface area contributed by atoms with E-state index in [2.05, 4.69) is 0 Å². The number of hydrogen-bond acceptors (Lipinski definition) is 2. The Bertz CT molecular complexity index is 127. The minimum absolute atomic E-state index is 0.0257. The molecular weight excluding hydrogens is 199 g/mol. The number of hydrogen-bond donors (Lipinski definition) is 1. The molecule has 0 amide bonds. The van der Waals surface area contributed by atoms with Crippen LogP contribution < -0.4 is 5.73 Å². The topological polar surface area (TPSA) is 26.0 Å². The van der Waals surface area contributed by atoms with Crippen molar-refractivity contribution in [3.8, 4) is 0 Å². The molecule has 0 aliphatic heterocycles. The minimum atomic E-state index is -4.10. The lowest BCUT2D eigenvalue weighted by atomic mass is 10.3. The summed E-state index contributed by atoms with van der Waals surface area (Å²) >= 11 is 0.973. The lowest BCUT2D eigenvalue weighted by molar-refractivity contribution is -0.129. The molecule has 0 aromatic carbocycles. The van der Waals surface area contributed by atoms with E-state index in [1.54, 1.807) is 0 Å². The molecular formula is C8H16F3NS. The number of thioether (sulfide) groups is 1. The summed E-state index contributed by atoms with van der Waals surface area (Å²) in [6.45, 7) is 2.06. The van der Waals surface area contributed by atoms with Crippen LogP contribution in [0.25, 0.3) is 0 Å². The predicted octanol–water partition coefficient (Wildman–Crippen LogP) is 2.80. The van der Waals surface area contributed by atoms with Crippen LogP contribution in [0.5, 0.6) is 0 Å². The molecule has 13 heavy (non-hydrogen) atoms. The van der Waals surface area contributed by atoms with Crippen molar-refractivity contribution >= 4 is 11.8 Å². The minimum Gasteiger partial charge on any atom is -0.330 e. The fourth-order valence-electron chi connectivity index (χ4n) is 0.863. The molecule has 0 bridgehead atoms. The van der Waals surface area contributed by atoms with Gasteiger partial charge in [-0.3, -0.25) is 0 Å². The molecule has 0 saturated carbocycles. The lowest BCUT2D eigenvalue weighted by Crippen LogP contribution is -2.28. The van der Waals surface area contributed by atoms with Gasteiger partial charge in [0.2, 0.25) is 0 Å². The average Bonchev–Trinajstić information content (AvgIpc) is 2.01. The van der Waals surface area contributed by atoms with E-state index in [1.807, 2.05) is 6.92 Å². The highest BCUT2D eigenvalue weighted by Gasteiger charge is 2.38. The van der Waals surface area contributed by atoms with Gasteiger partial charge in [-0.1, -0.05) is 13.3 Å². The molecule has 0 aromatic heterocycles. The van der Waals surface area contributed by atoms with Crippen LogP contribution in [0.15, 0.2) is 0 Å². The van der Waals surface area contributed by atoms with Gasteiger partial charge in [0.05, 0.1) is 0 Å². The van der Waals surface area contributed by atoms with E-state index in [9.17, 15) is 13.2 Å². The van der Waals surface area contributed by atoms with E-state index in [4.69, 9.17) is 5.73 Å². The first-order valence-corrected chi connectivity index (χ1v) is 5.45. The van der Waals surface area contributed by atoms with Crippen LogP contribution in [-0.2, 0) is 0 Å². The first-order valence-electron chi connectivity index (χ1n) is 4.40. The van der Waals surface area contributed by atoms with Crippen molar-refractivity contribution in [3.05, 3.63) is 0 Å². The van der Waals surface area contributed by atoms with Gasteiger partial charge in [0, 0.05) is 0 Å². The predicted molar refractivity (Wildman–Crippen MR) is 50.9 cm³/mol. The van der Waals surface area contributed by atoms with E-state index in [1.165, 1.54) is 0 Å². The molecule has 0 aromatic rings. The summed E-state index contributed by atoms with van der Waals surface area (Å²) in [6.07, 6.45) is -2.31. The third-order valence-corrected chi connectivity index (χ3v) is 3.04. The van der Waals surface area contributed by atoms with E-state index < -0.39 is 11.4 Å². The van der Waals surface area contributed by atoms with Crippen molar-refractivity contribution in [2.45, 2.75) is 37.6 Å². The zero-order valence-corrected chi connectivity index (χ0v) is 8.55.